The largest absolute Gasteiger partial charge is 0.324 e. The minimum Gasteiger partial charge on any atom is -0.324 e. The van der Waals surface area contributed by atoms with Crippen molar-refractivity contribution in [1.82, 2.24) is 4.90 Å². The number of carbonyl (C=O) groups is 1. The summed E-state index contributed by atoms with van der Waals surface area (Å²) < 4.78 is 26.6. The summed E-state index contributed by atoms with van der Waals surface area (Å²) in [4.78, 5) is 14.8. The molecule has 0 spiro atoms. The first-order valence-corrected chi connectivity index (χ1v) is 8.99. The van der Waals surface area contributed by atoms with E-state index < -0.39 is 6.43 Å². The Morgan fingerprint density at radius 3 is 2.59 bits per heavy atom. The quantitative estimate of drug-likeness (QED) is 0.527. The van der Waals surface area contributed by atoms with Crippen molar-refractivity contribution >= 4 is 17.3 Å². The molecule has 0 saturated carbocycles. The molecule has 0 unspecified atom stereocenters. The summed E-state index contributed by atoms with van der Waals surface area (Å²) in [6.07, 6.45) is -0.335. The number of alkyl halides is 2. The van der Waals surface area contributed by atoms with Crippen molar-refractivity contribution in [2.24, 2.45) is 5.84 Å². The maximum Gasteiger partial charge on any atom is 0.263 e. The van der Waals surface area contributed by atoms with Gasteiger partial charge in [-0.2, -0.15) is 0 Å². The molecular weight excluding hydrogens is 350 g/mol. The smallest absolute Gasteiger partial charge is 0.263 e. The lowest BCUT2D eigenvalue weighted by molar-refractivity contribution is 0.102. The minimum absolute atomic E-state index is 0.0878. The molecule has 0 bridgehead atoms. The van der Waals surface area contributed by atoms with Crippen LogP contribution in [0.1, 0.15) is 46.3 Å². The molecule has 3 rings (SSSR count). The molecule has 2 aromatic carbocycles. The number of benzene rings is 2. The Balaban J connectivity index is 1.82. The molecule has 0 aliphatic carbocycles. The van der Waals surface area contributed by atoms with Crippen LogP contribution in [0.5, 0.6) is 0 Å². The maximum absolute atomic E-state index is 13.3. The molecular formula is C20H24F2N4O. The van der Waals surface area contributed by atoms with E-state index in [2.05, 4.69) is 15.6 Å². The number of hydrogen-bond donors (Lipinski definition) is 3. The van der Waals surface area contributed by atoms with Gasteiger partial charge in [-0.15, -0.1) is 0 Å². The lowest BCUT2D eigenvalue weighted by Gasteiger charge is -2.17. The summed E-state index contributed by atoms with van der Waals surface area (Å²) >= 11 is 0. The molecule has 1 aliphatic rings. The number of hydrazine groups is 1. The summed E-state index contributed by atoms with van der Waals surface area (Å²) in [6, 6.07) is 9.69. The van der Waals surface area contributed by atoms with Gasteiger partial charge in [0, 0.05) is 23.4 Å². The van der Waals surface area contributed by atoms with Gasteiger partial charge >= 0.3 is 0 Å². The predicted octanol–water partition coefficient (Wildman–Crippen LogP) is 4.07. The number of nitrogen functional groups attached to an aromatic ring is 1. The van der Waals surface area contributed by atoms with Crippen LogP contribution < -0.4 is 16.6 Å². The van der Waals surface area contributed by atoms with Crippen LogP contribution in [0.4, 0.5) is 20.2 Å². The van der Waals surface area contributed by atoms with E-state index in [0.29, 0.717) is 23.5 Å². The second-order valence-electron chi connectivity index (χ2n) is 6.88. The van der Waals surface area contributed by atoms with Crippen LogP contribution in [0.25, 0.3) is 0 Å². The number of aryl methyl sites for hydroxylation is 1. The topological polar surface area (TPSA) is 70.4 Å². The van der Waals surface area contributed by atoms with Crippen LogP contribution in [0.2, 0.25) is 0 Å². The summed E-state index contributed by atoms with van der Waals surface area (Å²) in [5.74, 6) is 5.08. The Morgan fingerprint density at radius 2 is 1.93 bits per heavy atom. The lowest BCUT2D eigenvalue weighted by atomic mass is 10.1. The third-order valence-electron chi connectivity index (χ3n) is 4.79. The zero-order valence-electron chi connectivity index (χ0n) is 15.3. The number of nitrogens with zero attached hydrogens (tertiary/aromatic N) is 1. The van der Waals surface area contributed by atoms with Crippen molar-refractivity contribution in [2.45, 2.75) is 32.7 Å². The Bertz CT molecular complexity index is 820. The van der Waals surface area contributed by atoms with E-state index in [1.54, 1.807) is 24.3 Å². The average Bonchev–Trinajstić information content (AvgIpc) is 3.14. The number of halogens is 2. The first-order chi connectivity index (χ1) is 13.0. The molecule has 1 fully saturated rings. The zero-order chi connectivity index (χ0) is 19.4. The SMILES string of the molecule is Cc1ccc(C(=O)Nc2cc(CN3CCCC3)cc(C(F)F)c2)cc1NN. The predicted molar refractivity (Wildman–Crippen MR) is 103 cm³/mol. The monoisotopic (exact) mass is 374 g/mol. The van der Waals surface area contributed by atoms with E-state index in [0.717, 1.165) is 37.1 Å². The van der Waals surface area contributed by atoms with Gasteiger partial charge in [-0.05, 0) is 74.3 Å². The summed E-state index contributed by atoms with van der Waals surface area (Å²) in [5, 5.41) is 2.73. The van der Waals surface area contributed by atoms with Gasteiger partial charge in [0.05, 0.1) is 5.69 Å². The maximum atomic E-state index is 13.3. The number of nitrogens with one attached hydrogen (secondary N) is 2. The molecule has 0 radical (unpaired) electrons. The Labute approximate surface area is 157 Å². The van der Waals surface area contributed by atoms with Gasteiger partial charge in [0.2, 0.25) is 0 Å². The van der Waals surface area contributed by atoms with Crippen molar-refractivity contribution < 1.29 is 13.6 Å². The van der Waals surface area contributed by atoms with Gasteiger partial charge in [-0.3, -0.25) is 15.5 Å². The second-order valence-corrected chi connectivity index (χ2v) is 6.88. The van der Waals surface area contributed by atoms with E-state index in [-0.39, 0.29) is 11.5 Å². The van der Waals surface area contributed by atoms with Crippen molar-refractivity contribution in [1.29, 1.82) is 0 Å². The van der Waals surface area contributed by atoms with Gasteiger partial charge in [-0.1, -0.05) is 6.07 Å². The van der Waals surface area contributed by atoms with Crippen LogP contribution in [0.3, 0.4) is 0 Å². The molecule has 27 heavy (non-hydrogen) atoms. The molecule has 7 heteroatoms. The van der Waals surface area contributed by atoms with Crippen LogP contribution in [0.15, 0.2) is 36.4 Å². The fourth-order valence-corrected chi connectivity index (χ4v) is 3.33. The number of amides is 1. The number of hydrogen-bond acceptors (Lipinski definition) is 4. The first-order valence-electron chi connectivity index (χ1n) is 8.99. The Hall–Kier alpha value is -2.51. The highest BCUT2D eigenvalue weighted by molar-refractivity contribution is 6.05. The zero-order valence-corrected chi connectivity index (χ0v) is 15.3. The third kappa shape index (κ3) is 4.81. The van der Waals surface area contributed by atoms with E-state index >= 15 is 0 Å². The summed E-state index contributed by atoms with van der Waals surface area (Å²) in [6.45, 7) is 4.42. The number of carbonyl (C=O) groups excluding carboxylic acids is 1. The molecule has 5 nitrogen and oxygen atoms in total. The second kappa shape index (κ2) is 8.45. The number of nitrogens with two attached hydrogens (primary N) is 1. The van der Waals surface area contributed by atoms with Gasteiger partial charge < -0.3 is 10.7 Å². The van der Waals surface area contributed by atoms with Crippen LogP contribution in [-0.4, -0.2) is 23.9 Å². The van der Waals surface area contributed by atoms with Gasteiger partial charge in [0.25, 0.3) is 12.3 Å². The van der Waals surface area contributed by atoms with Gasteiger partial charge in [-0.25, -0.2) is 8.78 Å². The Kier molecular flexibility index (Phi) is 6.03. The fourth-order valence-electron chi connectivity index (χ4n) is 3.33. The molecule has 144 valence electrons. The molecule has 2 aromatic rings. The van der Waals surface area contributed by atoms with Crippen molar-refractivity contribution in [3.8, 4) is 0 Å². The van der Waals surface area contributed by atoms with Crippen molar-refractivity contribution in [3.05, 3.63) is 58.7 Å². The van der Waals surface area contributed by atoms with Crippen molar-refractivity contribution in [2.75, 3.05) is 23.8 Å². The van der Waals surface area contributed by atoms with E-state index in [1.165, 1.54) is 12.1 Å². The third-order valence-corrected chi connectivity index (χ3v) is 4.79. The van der Waals surface area contributed by atoms with Crippen LogP contribution in [-0.2, 0) is 6.54 Å². The molecule has 1 heterocycles. The highest BCUT2D eigenvalue weighted by Gasteiger charge is 2.16. The molecule has 1 aliphatic heterocycles. The number of likely N-dealkylation sites (tertiary alicyclic amines) is 1. The molecule has 0 atom stereocenters. The normalized spacial score (nSPS) is 14.6. The number of anilines is 2. The standard InChI is InChI=1S/C20H24F2N4O/c1-13-4-5-15(11-18(13)25-23)20(27)24-17-9-14(8-16(10-17)19(21)22)12-26-6-2-3-7-26/h4-5,8-11,19,25H,2-3,6-7,12,23H2,1H3,(H,24,27). The average molecular weight is 374 g/mol. The van der Waals surface area contributed by atoms with E-state index in [1.807, 2.05) is 6.92 Å². The number of rotatable bonds is 6. The van der Waals surface area contributed by atoms with Gasteiger partial charge in [0.1, 0.15) is 0 Å². The van der Waals surface area contributed by atoms with Crippen LogP contribution >= 0.6 is 0 Å². The molecule has 0 aromatic heterocycles. The van der Waals surface area contributed by atoms with E-state index in [4.69, 9.17) is 5.84 Å². The van der Waals surface area contributed by atoms with Crippen molar-refractivity contribution in [3.63, 3.8) is 0 Å². The first kappa shape index (κ1) is 19.3. The summed E-state index contributed by atoms with van der Waals surface area (Å²) in [7, 11) is 0. The van der Waals surface area contributed by atoms with Gasteiger partial charge in [0.15, 0.2) is 0 Å². The minimum atomic E-state index is -2.59. The fraction of sp³-hybridized carbons (Fsp3) is 0.350. The Morgan fingerprint density at radius 1 is 1.19 bits per heavy atom. The highest BCUT2D eigenvalue weighted by Crippen LogP contribution is 2.26. The highest BCUT2D eigenvalue weighted by atomic mass is 19.3. The van der Waals surface area contributed by atoms with E-state index in [9.17, 15) is 13.6 Å². The molecule has 4 N–H and O–H groups in total. The van der Waals surface area contributed by atoms with Crippen LogP contribution in [0, 0.1) is 6.92 Å². The summed E-state index contributed by atoms with van der Waals surface area (Å²) in [5.41, 5.74) is 5.54. The lowest BCUT2D eigenvalue weighted by Crippen LogP contribution is -2.19. The molecule has 1 saturated heterocycles. The molecule has 1 amide bonds.